The van der Waals surface area contributed by atoms with Crippen molar-refractivity contribution < 1.29 is 43.3 Å². The molecule has 0 saturated carbocycles. The molecule has 180 valence electrons. The van der Waals surface area contributed by atoms with Crippen LogP contribution in [0.3, 0.4) is 0 Å². The van der Waals surface area contributed by atoms with Crippen LogP contribution < -0.4 is 4.90 Å². The van der Waals surface area contributed by atoms with Crippen LogP contribution in [0.25, 0.3) is 11.2 Å². The van der Waals surface area contributed by atoms with Crippen molar-refractivity contribution >= 4 is 43.8 Å². The average molecular weight is 516 g/mol. The van der Waals surface area contributed by atoms with Gasteiger partial charge in [-0.25, -0.2) is 4.98 Å². The number of ether oxygens (including phenoxy) is 1. The van der Waals surface area contributed by atoms with Crippen molar-refractivity contribution in [2.75, 3.05) is 24.5 Å². The molecular weight excluding hydrogens is 492 g/mol. The Bertz CT molecular complexity index is 1080. The standard InChI is InChI=1S/C15H24ClN5O9P2/c1-7(2)20(3)12-9-13(19-15(16)18-12)21(5-17-9)14-11(23)10(22)8(30-14)4-29-32(27,28)6-31(24,25)26/h5,7-8,10-11,14,22-23H,4,6H2,1-3H3,(H,27,28)(H2,24,25,26)/t8-,10-,11-,14-/m1/s1. The summed E-state index contributed by atoms with van der Waals surface area (Å²) in [7, 11) is -7.68. The van der Waals surface area contributed by atoms with Crippen molar-refractivity contribution in [1.29, 1.82) is 0 Å². The minimum atomic E-state index is -4.81. The summed E-state index contributed by atoms with van der Waals surface area (Å²) >= 11 is 6.07. The molecule has 0 bridgehead atoms. The first kappa shape index (κ1) is 25.4. The maximum Gasteiger partial charge on any atom is 0.340 e. The maximum absolute atomic E-state index is 11.8. The fraction of sp³-hybridized carbons (Fsp3) is 0.667. The lowest BCUT2D eigenvalue weighted by Crippen LogP contribution is -2.33. The number of anilines is 1. The highest BCUT2D eigenvalue weighted by molar-refractivity contribution is 7.70. The van der Waals surface area contributed by atoms with E-state index in [1.54, 1.807) is 7.05 Å². The Morgan fingerprint density at radius 3 is 2.50 bits per heavy atom. The van der Waals surface area contributed by atoms with E-state index in [-0.39, 0.29) is 17.0 Å². The minimum Gasteiger partial charge on any atom is -0.387 e. The topological polar surface area (TPSA) is 201 Å². The Hall–Kier alpha value is -1.18. The Labute approximate surface area is 187 Å². The second-order valence-corrected chi connectivity index (χ2v) is 12.0. The van der Waals surface area contributed by atoms with Crippen LogP contribution in [0.5, 0.6) is 0 Å². The van der Waals surface area contributed by atoms with E-state index in [0.717, 1.165) is 0 Å². The van der Waals surface area contributed by atoms with E-state index in [9.17, 15) is 24.2 Å². The molecule has 1 aliphatic heterocycles. The van der Waals surface area contributed by atoms with Crippen molar-refractivity contribution in [3.05, 3.63) is 11.6 Å². The average Bonchev–Trinajstić information content (AvgIpc) is 3.18. The van der Waals surface area contributed by atoms with Crippen LogP contribution in [0.15, 0.2) is 6.33 Å². The SMILES string of the molecule is CC(C)N(C)c1nc(Cl)nc2c1ncn2[C@@H]1O[C@H](COP(=O)(O)CP(=O)(O)O)[C@@H](O)[C@H]1O. The second kappa shape index (κ2) is 9.22. The summed E-state index contributed by atoms with van der Waals surface area (Å²) in [5.74, 6) is -0.942. The zero-order chi connectivity index (χ0) is 24.0. The third kappa shape index (κ3) is 5.48. The quantitative estimate of drug-likeness (QED) is 0.237. The minimum absolute atomic E-state index is 0.0632. The molecule has 5 atom stereocenters. The molecule has 3 rings (SSSR count). The number of aromatic nitrogens is 4. The summed E-state index contributed by atoms with van der Waals surface area (Å²) in [6.07, 6.45) is -4.20. The van der Waals surface area contributed by atoms with Gasteiger partial charge in [-0.15, -0.1) is 0 Å². The molecule has 0 amide bonds. The predicted molar refractivity (Wildman–Crippen MR) is 112 cm³/mol. The van der Waals surface area contributed by atoms with E-state index >= 15 is 0 Å². The molecule has 3 heterocycles. The van der Waals surface area contributed by atoms with Gasteiger partial charge in [-0.1, -0.05) is 0 Å². The zero-order valence-electron chi connectivity index (χ0n) is 17.3. The van der Waals surface area contributed by atoms with Crippen LogP contribution in [0.1, 0.15) is 20.1 Å². The molecule has 5 N–H and O–H groups in total. The highest BCUT2D eigenvalue weighted by Gasteiger charge is 2.45. The van der Waals surface area contributed by atoms with Gasteiger partial charge in [0.2, 0.25) is 5.28 Å². The van der Waals surface area contributed by atoms with E-state index in [2.05, 4.69) is 15.0 Å². The first-order valence-electron chi connectivity index (χ1n) is 9.35. The van der Waals surface area contributed by atoms with Gasteiger partial charge >= 0.3 is 15.2 Å². The largest absolute Gasteiger partial charge is 0.387 e. The number of imidazole rings is 1. The van der Waals surface area contributed by atoms with Gasteiger partial charge in [0.05, 0.1) is 12.9 Å². The molecule has 32 heavy (non-hydrogen) atoms. The van der Waals surface area contributed by atoms with E-state index in [0.29, 0.717) is 11.3 Å². The lowest BCUT2D eigenvalue weighted by Gasteiger charge is -2.23. The van der Waals surface area contributed by atoms with Crippen LogP contribution >= 0.6 is 26.8 Å². The van der Waals surface area contributed by atoms with E-state index < -0.39 is 52.2 Å². The van der Waals surface area contributed by atoms with Gasteiger partial charge in [-0.05, 0) is 25.4 Å². The first-order chi connectivity index (χ1) is 14.7. The predicted octanol–water partition coefficient (Wildman–Crippen LogP) is 0.281. The van der Waals surface area contributed by atoms with Crippen molar-refractivity contribution in [2.45, 2.75) is 44.4 Å². The van der Waals surface area contributed by atoms with Gasteiger partial charge in [-0.2, -0.15) is 9.97 Å². The van der Waals surface area contributed by atoms with Gasteiger partial charge in [0.1, 0.15) is 18.3 Å². The van der Waals surface area contributed by atoms with E-state index in [1.807, 2.05) is 18.7 Å². The first-order valence-corrected chi connectivity index (χ1v) is 13.3. The summed E-state index contributed by atoms with van der Waals surface area (Å²) in [4.78, 5) is 41.8. The van der Waals surface area contributed by atoms with Crippen LogP contribution in [-0.2, 0) is 18.4 Å². The van der Waals surface area contributed by atoms with E-state index in [1.165, 1.54) is 10.9 Å². The summed E-state index contributed by atoms with van der Waals surface area (Å²) in [5.41, 5.74) is 0.594. The highest BCUT2D eigenvalue weighted by Crippen LogP contribution is 2.55. The number of aliphatic hydroxyl groups is 2. The molecule has 1 fully saturated rings. The molecule has 17 heteroatoms. The number of hydrogen-bond acceptors (Lipinski definition) is 10. The Morgan fingerprint density at radius 1 is 1.25 bits per heavy atom. The fourth-order valence-corrected chi connectivity index (χ4v) is 5.84. The van der Waals surface area contributed by atoms with Gasteiger partial charge in [0, 0.05) is 13.1 Å². The molecule has 0 spiro atoms. The zero-order valence-corrected chi connectivity index (χ0v) is 19.8. The highest BCUT2D eigenvalue weighted by atomic mass is 35.5. The number of hydrogen-bond donors (Lipinski definition) is 5. The smallest absolute Gasteiger partial charge is 0.340 e. The normalized spacial score (nSPS) is 26.1. The molecule has 1 aliphatic rings. The number of rotatable bonds is 8. The number of fused-ring (bicyclic) bond motifs is 1. The van der Waals surface area contributed by atoms with Gasteiger partial charge in [0.25, 0.3) is 0 Å². The summed E-state index contributed by atoms with van der Waals surface area (Å²) in [6.45, 7) is 3.18. The van der Waals surface area contributed by atoms with Crippen LogP contribution in [0, 0.1) is 0 Å². The Morgan fingerprint density at radius 2 is 1.91 bits per heavy atom. The molecule has 14 nitrogen and oxygen atoms in total. The second-order valence-electron chi connectivity index (χ2n) is 7.63. The third-order valence-corrected chi connectivity index (χ3v) is 8.52. The third-order valence-electron chi connectivity index (χ3n) is 4.90. The summed E-state index contributed by atoms with van der Waals surface area (Å²) < 4.78 is 34.4. The molecule has 2 aromatic heterocycles. The van der Waals surface area contributed by atoms with Gasteiger partial charge < -0.3 is 39.1 Å². The summed E-state index contributed by atoms with van der Waals surface area (Å²) in [5, 5.41) is 20.7. The van der Waals surface area contributed by atoms with Crippen molar-refractivity contribution in [1.82, 2.24) is 19.5 Å². The Kier molecular flexibility index (Phi) is 7.33. The maximum atomic E-state index is 11.8. The van der Waals surface area contributed by atoms with Crippen LogP contribution in [-0.4, -0.2) is 88.3 Å². The summed E-state index contributed by atoms with van der Waals surface area (Å²) in [6, 6.07) is 0.0632. The van der Waals surface area contributed by atoms with Crippen LogP contribution in [0.4, 0.5) is 5.82 Å². The van der Waals surface area contributed by atoms with Crippen LogP contribution in [0.2, 0.25) is 5.28 Å². The number of aliphatic hydroxyl groups excluding tert-OH is 2. The number of nitrogens with zero attached hydrogens (tertiary/aromatic N) is 5. The molecule has 0 aromatic carbocycles. The van der Waals surface area contributed by atoms with Gasteiger partial charge in [0.15, 0.2) is 29.1 Å². The Balaban J connectivity index is 1.85. The lowest BCUT2D eigenvalue weighted by atomic mass is 10.1. The molecule has 2 aromatic rings. The van der Waals surface area contributed by atoms with Crippen molar-refractivity contribution in [2.24, 2.45) is 0 Å². The van der Waals surface area contributed by atoms with Crippen molar-refractivity contribution in [3.8, 4) is 0 Å². The molecule has 0 radical (unpaired) electrons. The molecule has 0 aliphatic carbocycles. The fourth-order valence-electron chi connectivity index (χ4n) is 3.11. The van der Waals surface area contributed by atoms with Gasteiger partial charge in [-0.3, -0.25) is 13.7 Å². The van der Waals surface area contributed by atoms with E-state index in [4.69, 9.17) is 30.6 Å². The monoisotopic (exact) mass is 515 g/mol. The molecule has 1 unspecified atom stereocenters. The lowest BCUT2D eigenvalue weighted by molar-refractivity contribution is -0.0483. The molecule has 1 saturated heterocycles. The van der Waals surface area contributed by atoms with Crippen molar-refractivity contribution in [3.63, 3.8) is 0 Å². The number of halogens is 1. The molecular formula is C15H24ClN5O9P2.